The topological polar surface area (TPSA) is 96.9 Å². The Morgan fingerprint density at radius 1 is 1.58 bits per heavy atom. The lowest BCUT2D eigenvalue weighted by atomic mass is 10.0. The summed E-state index contributed by atoms with van der Waals surface area (Å²) in [6.07, 6.45) is 4.75. The van der Waals surface area contributed by atoms with E-state index in [-0.39, 0.29) is 6.42 Å². The summed E-state index contributed by atoms with van der Waals surface area (Å²) in [6.45, 7) is 0. The summed E-state index contributed by atoms with van der Waals surface area (Å²) in [5.74, 6) is 0. The van der Waals surface area contributed by atoms with Gasteiger partial charge in [-0.2, -0.15) is 0 Å². The first-order valence-electron chi connectivity index (χ1n) is 3.31. The normalized spacial score (nSPS) is 27.5. The molecule has 1 rings (SSSR count). The summed E-state index contributed by atoms with van der Waals surface area (Å²) in [5.41, 5.74) is 6.77. The first-order chi connectivity index (χ1) is 5.72. The van der Waals surface area contributed by atoms with Gasteiger partial charge in [-0.25, -0.2) is 5.43 Å². The summed E-state index contributed by atoms with van der Waals surface area (Å²) >= 11 is 0. The van der Waals surface area contributed by atoms with Gasteiger partial charge in [0.1, 0.15) is 0 Å². The van der Waals surface area contributed by atoms with Gasteiger partial charge in [-0.3, -0.25) is 0 Å². The highest BCUT2D eigenvalue weighted by atomic mass is 16.3. The van der Waals surface area contributed by atoms with E-state index >= 15 is 0 Å². The Morgan fingerprint density at radius 3 is 2.75 bits per heavy atom. The minimum atomic E-state index is -1.25. The molecule has 0 spiro atoms. The van der Waals surface area contributed by atoms with Crippen LogP contribution in [0, 0.1) is 9.81 Å². The van der Waals surface area contributed by atoms with Crippen molar-refractivity contribution in [3.05, 3.63) is 33.7 Å². The second-order valence-corrected chi connectivity index (χ2v) is 2.46. The molecule has 0 radical (unpaired) electrons. The molecule has 1 aliphatic rings. The maximum Gasteiger partial charge on any atom is 0.211 e. The lowest BCUT2D eigenvalue weighted by Gasteiger charge is -2.21. The van der Waals surface area contributed by atoms with Gasteiger partial charge in [0.2, 0.25) is 5.66 Å². The van der Waals surface area contributed by atoms with Crippen LogP contribution in [0.25, 0.3) is 0 Å². The molecule has 1 atom stereocenters. The second kappa shape index (κ2) is 3.12. The van der Waals surface area contributed by atoms with Crippen LogP contribution in [0.1, 0.15) is 6.42 Å². The molecule has 0 bridgehead atoms. The number of hydrogen-bond acceptors (Lipinski definition) is 5. The monoisotopic (exact) mass is 168 g/mol. The summed E-state index contributed by atoms with van der Waals surface area (Å²) in [6, 6.07) is 0. The Balaban J connectivity index is 2.79. The third kappa shape index (κ3) is 1.47. The van der Waals surface area contributed by atoms with Gasteiger partial charge in [-0.1, -0.05) is 6.08 Å². The van der Waals surface area contributed by atoms with E-state index in [1.165, 1.54) is 12.2 Å². The van der Waals surface area contributed by atoms with Crippen LogP contribution in [0.5, 0.6) is 0 Å². The molecular formula is C6H8N4O2. The van der Waals surface area contributed by atoms with Crippen molar-refractivity contribution in [1.29, 1.82) is 0 Å². The third-order valence-electron chi connectivity index (χ3n) is 1.60. The molecule has 3 N–H and O–H groups in total. The number of hydrogen-bond donors (Lipinski definition) is 2. The second-order valence-electron chi connectivity index (χ2n) is 2.46. The molecule has 6 nitrogen and oxygen atoms in total. The average Bonchev–Trinajstić information content (AvgIpc) is 2.10. The van der Waals surface area contributed by atoms with Gasteiger partial charge in [0.05, 0.1) is 5.29 Å². The summed E-state index contributed by atoms with van der Waals surface area (Å²) in [4.78, 5) is 20.2. The predicted molar refractivity (Wildman–Crippen MR) is 43.5 cm³/mol. The molecule has 0 aromatic rings. The molecule has 6 heteroatoms. The summed E-state index contributed by atoms with van der Waals surface area (Å²) in [5, 5.41) is 5.17. The van der Waals surface area contributed by atoms with Gasteiger partial charge >= 0.3 is 0 Å². The van der Waals surface area contributed by atoms with Crippen LogP contribution in [-0.4, -0.2) is 5.66 Å². The molecule has 0 saturated carbocycles. The van der Waals surface area contributed by atoms with E-state index in [1.54, 1.807) is 6.08 Å². The van der Waals surface area contributed by atoms with Crippen molar-refractivity contribution >= 4 is 0 Å². The fourth-order valence-electron chi connectivity index (χ4n) is 0.894. The molecule has 0 saturated heterocycles. The van der Waals surface area contributed by atoms with Crippen molar-refractivity contribution < 1.29 is 0 Å². The zero-order valence-electron chi connectivity index (χ0n) is 6.23. The van der Waals surface area contributed by atoms with Gasteiger partial charge < -0.3 is 5.73 Å². The van der Waals surface area contributed by atoms with Crippen LogP contribution in [0.15, 0.2) is 34.4 Å². The van der Waals surface area contributed by atoms with E-state index < -0.39 is 5.66 Å². The summed E-state index contributed by atoms with van der Waals surface area (Å²) in [7, 11) is 0. The smallest absolute Gasteiger partial charge is 0.211 e. The van der Waals surface area contributed by atoms with Crippen molar-refractivity contribution in [2.75, 3.05) is 0 Å². The Labute approximate surface area is 68.4 Å². The van der Waals surface area contributed by atoms with Gasteiger partial charge in [-0.15, -0.1) is 9.81 Å². The average molecular weight is 168 g/mol. The van der Waals surface area contributed by atoms with E-state index in [1.807, 2.05) is 0 Å². The quantitative estimate of drug-likeness (QED) is 0.474. The van der Waals surface area contributed by atoms with Crippen LogP contribution >= 0.6 is 0 Å². The van der Waals surface area contributed by atoms with Crippen LogP contribution in [0.2, 0.25) is 0 Å². The Morgan fingerprint density at radius 2 is 2.33 bits per heavy atom. The van der Waals surface area contributed by atoms with Crippen molar-refractivity contribution in [3.8, 4) is 0 Å². The fourth-order valence-corrected chi connectivity index (χ4v) is 0.894. The number of allylic oxidation sites excluding steroid dienone is 1. The highest BCUT2D eigenvalue weighted by Gasteiger charge is 2.29. The van der Waals surface area contributed by atoms with Gasteiger partial charge in [0, 0.05) is 12.1 Å². The molecule has 12 heavy (non-hydrogen) atoms. The first kappa shape index (κ1) is 8.38. The molecule has 1 aliphatic carbocycles. The van der Waals surface area contributed by atoms with Gasteiger partial charge in [-0.05, 0) is 17.3 Å². The molecule has 0 aromatic carbocycles. The molecule has 1 unspecified atom stereocenters. The Kier molecular flexibility index (Phi) is 2.18. The maximum absolute atomic E-state index is 10.3. The first-order valence-corrected chi connectivity index (χ1v) is 3.31. The van der Waals surface area contributed by atoms with E-state index in [9.17, 15) is 9.81 Å². The molecule has 0 heterocycles. The van der Waals surface area contributed by atoms with Gasteiger partial charge in [0.25, 0.3) is 0 Å². The highest BCUT2D eigenvalue weighted by Crippen LogP contribution is 2.20. The minimum Gasteiger partial charge on any atom is -0.399 e. The van der Waals surface area contributed by atoms with Crippen LogP contribution in [-0.2, 0) is 0 Å². The van der Waals surface area contributed by atoms with Crippen molar-refractivity contribution in [2.24, 2.45) is 16.2 Å². The number of nitrogens with one attached hydrogen (secondary N) is 1. The SMILES string of the molecule is NC1=CCC(N=O)(NN=O)C=C1. The van der Waals surface area contributed by atoms with E-state index in [0.29, 0.717) is 5.70 Å². The molecule has 0 fully saturated rings. The standard InChI is InChI=1S/C6H8N4O2/c7-5-1-3-6(9-11,4-2-5)8-10-12/h1-3H,4,7H2,(H,8,12). The largest absolute Gasteiger partial charge is 0.399 e. The number of nitroso groups, excluding NO2 is 2. The minimum absolute atomic E-state index is 0.241. The Hall–Kier alpha value is -1.72. The molecular weight excluding hydrogens is 160 g/mol. The number of nitrogens with two attached hydrogens (primary N) is 1. The molecule has 64 valence electrons. The molecule has 0 amide bonds. The zero-order valence-corrected chi connectivity index (χ0v) is 6.23. The van der Waals surface area contributed by atoms with E-state index in [2.05, 4.69) is 15.9 Å². The van der Waals surface area contributed by atoms with Crippen molar-refractivity contribution in [2.45, 2.75) is 12.1 Å². The van der Waals surface area contributed by atoms with Crippen LogP contribution < -0.4 is 11.2 Å². The third-order valence-corrected chi connectivity index (χ3v) is 1.60. The molecule has 0 aliphatic heterocycles. The highest BCUT2D eigenvalue weighted by molar-refractivity contribution is 5.26. The van der Waals surface area contributed by atoms with Crippen molar-refractivity contribution in [3.63, 3.8) is 0 Å². The summed E-state index contributed by atoms with van der Waals surface area (Å²) < 4.78 is 0. The predicted octanol–water partition coefficient (Wildman–Crippen LogP) is 0.523. The lowest BCUT2D eigenvalue weighted by Crippen LogP contribution is -2.38. The molecule has 0 aromatic heterocycles. The lowest BCUT2D eigenvalue weighted by molar-refractivity contribution is 0.425. The van der Waals surface area contributed by atoms with E-state index in [4.69, 9.17) is 5.73 Å². The van der Waals surface area contributed by atoms with Crippen molar-refractivity contribution in [1.82, 2.24) is 5.43 Å². The maximum atomic E-state index is 10.3. The van der Waals surface area contributed by atoms with Crippen LogP contribution in [0.4, 0.5) is 0 Å². The Bertz CT molecular complexity index is 260. The zero-order chi connectivity index (χ0) is 9.03. The van der Waals surface area contributed by atoms with E-state index in [0.717, 1.165) is 0 Å². The number of nitrogens with zero attached hydrogens (tertiary/aromatic N) is 2. The fraction of sp³-hybridized carbons (Fsp3) is 0.333. The number of rotatable bonds is 3. The van der Waals surface area contributed by atoms with Crippen LogP contribution in [0.3, 0.4) is 0 Å². The van der Waals surface area contributed by atoms with Gasteiger partial charge in [0.15, 0.2) is 0 Å².